The van der Waals surface area contributed by atoms with Crippen molar-refractivity contribution in [1.29, 1.82) is 0 Å². The first-order valence-corrected chi connectivity index (χ1v) is 8.97. The Labute approximate surface area is 168 Å². The van der Waals surface area contributed by atoms with E-state index in [2.05, 4.69) is 5.16 Å². The maximum Gasteiger partial charge on any atom is 0.162 e. The fourth-order valence-corrected chi connectivity index (χ4v) is 2.69. The summed E-state index contributed by atoms with van der Waals surface area (Å²) in [5.41, 5.74) is 2.50. The zero-order chi connectivity index (χ0) is 19.8. The highest BCUT2D eigenvalue weighted by Gasteiger charge is 2.06. The Morgan fingerprint density at radius 2 is 1.79 bits per heavy atom. The molecule has 0 saturated carbocycles. The second-order valence-electron chi connectivity index (χ2n) is 5.93. The predicted octanol–water partition coefficient (Wildman–Crippen LogP) is 5.62. The van der Waals surface area contributed by atoms with Gasteiger partial charge in [0.25, 0.3) is 0 Å². The summed E-state index contributed by atoms with van der Waals surface area (Å²) >= 11 is 5.96. The summed E-state index contributed by atoms with van der Waals surface area (Å²) in [7, 11) is 1.59. The number of oxime groups is 1. The molecule has 28 heavy (non-hydrogen) atoms. The molecule has 0 heterocycles. The van der Waals surface area contributed by atoms with Crippen LogP contribution in [-0.2, 0) is 18.1 Å². The summed E-state index contributed by atoms with van der Waals surface area (Å²) in [6.07, 6.45) is 1.56. The molecule has 0 atom stereocenters. The Balaban J connectivity index is 1.62. The minimum absolute atomic E-state index is 0.142. The van der Waals surface area contributed by atoms with Crippen LogP contribution >= 0.6 is 11.6 Å². The third-order valence-electron chi connectivity index (χ3n) is 3.94. The lowest BCUT2D eigenvalue weighted by molar-refractivity contribution is 0.132. The van der Waals surface area contributed by atoms with Gasteiger partial charge in [0.15, 0.2) is 11.5 Å². The highest BCUT2D eigenvalue weighted by molar-refractivity contribution is 6.31. The average Bonchev–Trinajstić information content (AvgIpc) is 2.72. The highest BCUT2D eigenvalue weighted by Crippen LogP contribution is 2.28. The van der Waals surface area contributed by atoms with E-state index in [0.717, 1.165) is 11.1 Å². The molecular weight excluding hydrogens is 381 g/mol. The second kappa shape index (κ2) is 9.76. The molecule has 0 amide bonds. The van der Waals surface area contributed by atoms with Crippen LogP contribution in [0.15, 0.2) is 71.9 Å². The van der Waals surface area contributed by atoms with Crippen molar-refractivity contribution in [2.24, 2.45) is 5.16 Å². The number of benzene rings is 3. The summed E-state index contributed by atoms with van der Waals surface area (Å²) < 4.78 is 24.3. The second-order valence-corrected chi connectivity index (χ2v) is 6.34. The molecule has 0 fully saturated rings. The number of hydrogen-bond donors (Lipinski definition) is 0. The van der Waals surface area contributed by atoms with Crippen LogP contribution < -0.4 is 9.47 Å². The summed E-state index contributed by atoms with van der Waals surface area (Å²) in [4.78, 5) is 5.26. The maximum atomic E-state index is 13.1. The van der Waals surface area contributed by atoms with E-state index in [-0.39, 0.29) is 6.61 Å². The van der Waals surface area contributed by atoms with Gasteiger partial charge in [-0.15, -0.1) is 0 Å². The van der Waals surface area contributed by atoms with Crippen LogP contribution in [0, 0.1) is 5.82 Å². The molecule has 0 bridgehead atoms. The standard InChI is InChI=1S/C22H19ClFNO3/c1-26-21-10-7-17(11-22(21)27-14-16-5-3-2-4-6-16)13-25-28-15-18-8-9-19(24)12-20(18)23/h2-13H,14-15H2,1H3/b25-13+. The van der Waals surface area contributed by atoms with E-state index in [1.807, 2.05) is 42.5 Å². The van der Waals surface area contributed by atoms with Crippen molar-refractivity contribution in [2.75, 3.05) is 7.11 Å². The fraction of sp³-hybridized carbons (Fsp3) is 0.136. The molecule has 6 heteroatoms. The molecule has 4 nitrogen and oxygen atoms in total. The SMILES string of the molecule is COc1ccc(/C=N/OCc2ccc(F)cc2Cl)cc1OCc1ccccc1. The van der Waals surface area contributed by atoms with Gasteiger partial charge in [-0.3, -0.25) is 0 Å². The van der Waals surface area contributed by atoms with Crippen LogP contribution in [0.5, 0.6) is 11.5 Å². The summed E-state index contributed by atoms with van der Waals surface area (Å²) in [5.74, 6) is 0.850. The van der Waals surface area contributed by atoms with E-state index >= 15 is 0 Å². The molecule has 3 rings (SSSR count). The van der Waals surface area contributed by atoms with Gasteiger partial charge in [0.05, 0.1) is 18.3 Å². The number of nitrogens with zero attached hydrogens (tertiary/aromatic N) is 1. The van der Waals surface area contributed by atoms with Crippen molar-refractivity contribution in [3.8, 4) is 11.5 Å². The first kappa shape index (κ1) is 19.7. The molecule has 0 aliphatic carbocycles. The molecule has 0 aliphatic rings. The summed E-state index contributed by atoms with van der Waals surface area (Å²) in [6, 6.07) is 19.5. The average molecular weight is 400 g/mol. The van der Waals surface area contributed by atoms with E-state index in [9.17, 15) is 4.39 Å². The van der Waals surface area contributed by atoms with Gasteiger partial charge >= 0.3 is 0 Å². The molecule has 3 aromatic rings. The van der Waals surface area contributed by atoms with Crippen molar-refractivity contribution >= 4 is 17.8 Å². The van der Waals surface area contributed by atoms with Crippen LogP contribution in [0.4, 0.5) is 4.39 Å². The fourth-order valence-electron chi connectivity index (χ4n) is 2.47. The largest absolute Gasteiger partial charge is 0.493 e. The number of methoxy groups -OCH3 is 1. The number of rotatable bonds is 8. The quantitative estimate of drug-likeness (QED) is 0.364. The first-order chi connectivity index (χ1) is 13.7. The normalized spacial score (nSPS) is 10.8. The molecule has 0 saturated heterocycles. The van der Waals surface area contributed by atoms with E-state index in [4.69, 9.17) is 25.9 Å². The van der Waals surface area contributed by atoms with Crippen molar-refractivity contribution < 1.29 is 18.7 Å². The minimum atomic E-state index is -0.390. The summed E-state index contributed by atoms with van der Waals surface area (Å²) in [5, 5.41) is 4.24. The minimum Gasteiger partial charge on any atom is -0.493 e. The lowest BCUT2D eigenvalue weighted by atomic mass is 10.2. The Morgan fingerprint density at radius 1 is 0.964 bits per heavy atom. The number of halogens is 2. The van der Waals surface area contributed by atoms with Gasteiger partial charge in [0, 0.05) is 11.1 Å². The molecule has 3 aromatic carbocycles. The van der Waals surface area contributed by atoms with Crippen LogP contribution in [-0.4, -0.2) is 13.3 Å². The van der Waals surface area contributed by atoms with E-state index < -0.39 is 5.82 Å². The van der Waals surface area contributed by atoms with Crippen molar-refractivity contribution in [3.63, 3.8) is 0 Å². The van der Waals surface area contributed by atoms with Gasteiger partial charge in [0.2, 0.25) is 0 Å². The zero-order valence-electron chi connectivity index (χ0n) is 15.3. The smallest absolute Gasteiger partial charge is 0.162 e. The van der Waals surface area contributed by atoms with Crippen LogP contribution in [0.25, 0.3) is 0 Å². The van der Waals surface area contributed by atoms with Crippen molar-refractivity contribution in [1.82, 2.24) is 0 Å². The Kier molecular flexibility index (Phi) is 6.87. The van der Waals surface area contributed by atoms with Gasteiger partial charge in [-0.05, 0) is 35.9 Å². The predicted molar refractivity (Wildman–Crippen MR) is 108 cm³/mol. The van der Waals surface area contributed by atoms with Crippen LogP contribution in [0.1, 0.15) is 16.7 Å². The molecule has 0 radical (unpaired) electrons. The molecule has 0 aliphatic heterocycles. The number of hydrogen-bond acceptors (Lipinski definition) is 4. The maximum absolute atomic E-state index is 13.1. The third-order valence-corrected chi connectivity index (χ3v) is 4.29. The molecule has 0 spiro atoms. The van der Waals surface area contributed by atoms with E-state index in [1.54, 1.807) is 25.5 Å². The van der Waals surface area contributed by atoms with Crippen molar-refractivity contribution in [2.45, 2.75) is 13.2 Å². The third kappa shape index (κ3) is 5.47. The highest BCUT2D eigenvalue weighted by atomic mass is 35.5. The van der Waals surface area contributed by atoms with E-state index in [1.165, 1.54) is 12.1 Å². The molecule has 0 N–H and O–H groups in total. The first-order valence-electron chi connectivity index (χ1n) is 8.60. The van der Waals surface area contributed by atoms with Gasteiger partial charge in [0.1, 0.15) is 19.0 Å². The lowest BCUT2D eigenvalue weighted by Gasteiger charge is -2.11. The molecule has 144 valence electrons. The van der Waals surface area contributed by atoms with Gasteiger partial charge in [-0.1, -0.05) is 53.2 Å². The topological polar surface area (TPSA) is 40.0 Å². The Morgan fingerprint density at radius 3 is 2.54 bits per heavy atom. The van der Waals surface area contributed by atoms with Gasteiger partial charge in [-0.25, -0.2) is 4.39 Å². The molecular formula is C22H19ClFNO3. The molecule has 0 unspecified atom stereocenters. The van der Waals surface area contributed by atoms with Crippen LogP contribution in [0.2, 0.25) is 5.02 Å². The Bertz CT molecular complexity index is 948. The molecule has 0 aromatic heterocycles. The van der Waals surface area contributed by atoms with Crippen LogP contribution in [0.3, 0.4) is 0 Å². The van der Waals surface area contributed by atoms with Gasteiger partial charge in [-0.2, -0.15) is 0 Å². The lowest BCUT2D eigenvalue weighted by Crippen LogP contribution is -1.98. The van der Waals surface area contributed by atoms with E-state index in [0.29, 0.717) is 28.7 Å². The number of ether oxygens (including phenoxy) is 2. The summed E-state index contributed by atoms with van der Waals surface area (Å²) in [6.45, 7) is 0.570. The van der Waals surface area contributed by atoms with Crippen molar-refractivity contribution in [3.05, 3.63) is 94.3 Å². The Hall–Kier alpha value is -3.05. The van der Waals surface area contributed by atoms with Gasteiger partial charge < -0.3 is 14.3 Å². The monoisotopic (exact) mass is 399 g/mol. The zero-order valence-corrected chi connectivity index (χ0v) is 16.0.